The zero-order valence-corrected chi connectivity index (χ0v) is 11.1. The lowest BCUT2D eigenvalue weighted by molar-refractivity contribution is 0.696. The van der Waals surface area contributed by atoms with Crippen LogP contribution in [0.4, 0.5) is 0 Å². The number of nitrogens with zero attached hydrogens (tertiary/aromatic N) is 6. The quantitative estimate of drug-likeness (QED) is 0.678. The van der Waals surface area contributed by atoms with Crippen LogP contribution >= 0.6 is 0 Å². The Morgan fingerprint density at radius 3 is 2.50 bits per heavy atom. The minimum atomic E-state index is -0.245. The Bertz CT molecular complexity index is 821. The molecular weight excluding hydrogens is 256 g/mol. The fourth-order valence-corrected chi connectivity index (χ4v) is 2.02. The van der Waals surface area contributed by atoms with Gasteiger partial charge in [0.1, 0.15) is 12.2 Å². The van der Waals surface area contributed by atoms with Crippen molar-refractivity contribution in [1.82, 2.24) is 29.5 Å². The standard InChI is InChI=1S/C13H12N6O/c1-8-5-9(2)18-10(17-8)6-19-7-16-12-11(13(19)20)14-3-4-15-12/h3-5,7H,6H2,1-2H3. The lowest BCUT2D eigenvalue weighted by atomic mass is 10.3. The molecule has 0 spiro atoms. The summed E-state index contributed by atoms with van der Waals surface area (Å²) in [6.45, 7) is 4.05. The van der Waals surface area contributed by atoms with Crippen LogP contribution < -0.4 is 5.56 Å². The highest BCUT2D eigenvalue weighted by molar-refractivity contribution is 5.66. The van der Waals surface area contributed by atoms with Crippen molar-refractivity contribution in [1.29, 1.82) is 0 Å². The molecule has 0 atom stereocenters. The monoisotopic (exact) mass is 268 g/mol. The summed E-state index contributed by atoms with van der Waals surface area (Å²) in [6.07, 6.45) is 4.43. The van der Waals surface area contributed by atoms with Crippen molar-refractivity contribution in [2.24, 2.45) is 0 Å². The van der Waals surface area contributed by atoms with Crippen molar-refractivity contribution in [2.75, 3.05) is 0 Å². The summed E-state index contributed by atoms with van der Waals surface area (Å²) in [7, 11) is 0. The molecule has 20 heavy (non-hydrogen) atoms. The first-order chi connectivity index (χ1) is 9.63. The Labute approximate surface area is 114 Å². The molecule has 7 nitrogen and oxygen atoms in total. The summed E-state index contributed by atoms with van der Waals surface area (Å²) in [5, 5.41) is 0. The van der Waals surface area contributed by atoms with Gasteiger partial charge in [0.15, 0.2) is 11.2 Å². The first-order valence-electron chi connectivity index (χ1n) is 6.11. The molecule has 0 aliphatic heterocycles. The van der Waals surface area contributed by atoms with Crippen LogP contribution in [0, 0.1) is 13.8 Å². The van der Waals surface area contributed by atoms with E-state index in [1.165, 1.54) is 23.3 Å². The van der Waals surface area contributed by atoms with Crippen molar-refractivity contribution < 1.29 is 0 Å². The molecule has 0 amide bonds. The van der Waals surface area contributed by atoms with Crippen LogP contribution in [0.25, 0.3) is 11.2 Å². The summed E-state index contributed by atoms with van der Waals surface area (Å²) in [6, 6.07) is 1.89. The SMILES string of the molecule is Cc1cc(C)nc(Cn2cnc3nccnc3c2=O)n1. The zero-order chi connectivity index (χ0) is 14.1. The summed E-state index contributed by atoms with van der Waals surface area (Å²) < 4.78 is 1.44. The Morgan fingerprint density at radius 1 is 1.05 bits per heavy atom. The highest BCUT2D eigenvalue weighted by Gasteiger charge is 2.08. The predicted molar refractivity (Wildman–Crippen MR) is 72.2 cm³/mol. The third-order valence-corrected chi connectivity index (χ3v) is 2.80. The van der Waals surface area contributed by atoms with E-state index in [2.05, 4.69) is 24.9 Å². The average molecular weight is 268 g/mol. The highest BCUT2D eigenvalue weighted by Crippen LogP contribution is 2.02. The maximum absolute atomic E-state index is 12.3. The minimum Gasteiger partial charge on any atom is -0.290 e. The Morgan fingerprint density at radius 2 is 1.75 bits per heavy atom. The molecule has 0 bridgehead atoms. The van der Waals surface area contributed by atoms with Crippen molar-refractivity contribution >= 4 is 11.2 Å². The number of hydrogen-bond donors (Lipinski definition) is 0. The highest BCUT2D eigenvalue weighted by atomic mass is 16.1. The fourth-order valence-electron chi connectivity index (χ4n) is 2.02. The van der Waals surface area contributed by atoms with E-state index in [0.717, 1.165) is 11.4 Å². The molecule has 0 aromatic carbocycles. The van der Waals surface area contributed by atoms with Crippen LogP contribution in [0.1, 0.15) is 17.2 Å². The maximum Gasteiger partial charge on any atom is 0.281 e. The second-order valence-corrected chi connectivity index (χ2v) is 4.47. The molecule has 0 aliphatic rings. The number of hydrogen-bond acceptors (Lipinski definition) is 6. The average Bonchev–Trinajstić information content (AvgIpc) is 2.41. The lowest BCUT2D eigenvalue weighted by Crippen LogP contribution is -2.23. The molecule has 100 valence electrons. The van der Waals surface area contributed by atoms with E-state index < -0.39 is 0 Å². The summed E-state index contributed by atoms with van der Waals surface area (Å²) in [4.78, 5) is 33.0. The molecule has 0 radical (unpaired) electrons. The number of rotatable bonds is 2. The van der Waals surface area contributed by atoms with Gasteiger partial charge in [0.2, 0.25) is 0 Å². The van der Waals surface area contributed by atoms with Crippen molar-refractivity contribution in [3.05, 3.63) is 52.4 Å². The van der Waals surface area contributed by atoms with Crippen LogP contribution in [0.15, 0.2) is 29.6 Å². The van der Waals surface area contributed by atoms with E-state index in [9.17, 15) is 4.79 Å². The largest absolute Gasteiger partial charge is 0.290 e. The second-order valence-electron chi connectivity index (χ2n) is 4.47. The molecule has 3 aromatic rings. The summed E-state index contributed by atoms with van der Waals surface area (Å²) >= 11 is 0. The van der Waals surface area contributed by atoms with E-state index in [4.69, 9.17) is 0 Å². The van der Waals surface area contributed by atoms with Gasteiger partial charge < -0.3 is 0 Å². The third-order valence-electron chi connectivity index (χ3n) is 2.80. The number of fused-ring (bicyclic) bond motifs is 1. The molecule has 0 aliphatic carbocycles. The topological polar surface area (TPSA) is 86.5 Å². The number of aryl methyl sites for hydroxylation is 2. The Hall–Kier alpha value is -2.70. The maximum atomic E-state index is 12.3. The normalized spacial score (nSPS) is 10.9. The lowest BCUT2D eigenvalue weighted by Gasteiger charge is -2.06. The van der Waals surface area contributed by atoms with Crippen molar-refractivity contribution in [3.63, 3.8) is 0 Å². The molecule has 7 heteroatoms. The molecule has 0 fully saturated rings. The van der Waals surface area contributed by atoms with Crippen LogP contribution in [0.3, 0.4) is 0 Å². The van der Waals surface area contributed by atoms with Gasteiger partial charge in [-0.1, -0.05) is 0 Å². The Balaban J connectivity index is 2.07. The summed E-state index contributed by atoms with van der Waals surface area (Å²) in [5.74, 6) is 0.578. The Kier molecular flexibility index (Phi) is 2.94. The van der Waals surface area contributed by atoms with Crippen LogP contribution in [0.2, 0.25) is 0 Å². The van der Waals surface area contributed by atoms with Crippen LogP contribution in [-0.2, 0) is 6.54 Å². The molecule has 0 saturated heterocycles. The molecule has 0 saturated carbocycles. The summed E-state index contributed by atoms with van der Waals surface area (Å²) in [5.41, 5.74) is 2.09. The van der Waals surface area contributed by atoms with E-state index >= 15 is 0 Å². The van der Waals surface area contributed by atoms with Gasteiger partial charge in [0.25, 0.3) is 5.56 Å². The van der Waals surface area contributed by atoms with Gasteiger partial charge in [-0.05, 0) is 19.9 Å². The first kappa shape index (κ1) is 12.3. The minimum absolute atomic E-state index is 0.245. The molecular formula is C13H12N6O. The van der Waals surface area contributed by atoms with E-state index in [1.54, 1.807) is 0 Å². The third kappa shape index (κ3) is 2.25. The molecule has 3 heterocycles. The van der Waals surface area contributed by atoms with Gasteiger partial charge in [0, 0.05) is 23.8 Å². The zero-order valence-electron chi connectivity index (χ0n) is 11.1. The molecule has 3 aromatic heterocycles. The second kappa shape index (κ2) is 4.76. The first-order valence-corrected chi connectivity index (χ1v) is 6.11. The van der Waals surface area contributed by atoms with Gasteiger partial charge in [0.05, 0.1) is 6.54 Å². The molecule has 0 N–H and O–H groups in total. The van der Waals surface area contributed by atoms with E-state index in [-0.39, 0.29) is 17.6 Å². The molecule has 3 rings (SSSR count). The number of aromatic nitrogens is 6. The van der Waals surface area contributed by atoms with Gasteiger partial charge in [-0.15, -0.1) is 0 Å². The van der Waals surface area contributed by atoms with Crippen LogP contribution in [-0.4, -0.2) is 29.5 Å². The predicted octanol–water partition coefficient (Wildman–Crippen LogP) is 0.642. The van der Waals surface area contributed by atoms with Crippen LogP contribution in [0.5, 0.6) is 0 Å². The molecule has 0 unspecified atom stereocenters. The van der Waals surface area contributed by atoms with Gasteiger partial charge >= 0.3 is 0 Å². The smallest absolute Gasteiger partial charge is 0.281 e. The van der Waals surface area contributed by atoms with E-state index in [1.807, 2.05) is 19.9 Å². The van der Waals surface area contributed by atoms with Gasteiger partial charge in [-0.25, -0.2) is 24.9 Å². The fraction of sp³-hybridized carbons (Fsp3) is 0.231. The van der Waals surface area contributed by atoms with E-state index in [0.29, 0.717) is 11.5 Å². The van der Waals surface area contributed by atoms with Gasteiger partial charge in [-0.2, -0.15) is 0 Å². The van der Waals surface area contributed by atoms with Crippen molar-refractivity contribution in [2.45, 2.75) is 20.4 Å². The van der Waals surface area contributed by atoms with Crippen molar-refractivity contribution in [3.8, 4) is 0 Å². The van der Waals surface area contributed by atoms with Gasteiger partial charge in [-0.3, -0.25) is 9.36 Å².